The van der Waals surface area contributed by atoms with Crippen LogP contribution in [-0.4, -0.2) is 33.9 Å². The van der Waals surface area contributed by atoms with Crippen LogP contribution in [0.5, 0.6) is 0 Å². The second kappa shape index (κ2) is 4.39. The Morgan fingerprint density at radius 2 is 2.29 bits per heavy atom. The summed E-state index contributed by atoms with van der Waals surface area (Å²) in [4.78, 5) is 13.4. The van der Waals surface area contributed by atoms with Crippen molar-refractivity contribution in [3.05, 3.63) is 11.3 Å². The van der Waals surface area contributed by atoms with Crippen LogP contribution >= 0.6 is 0 Å². The van der Waals surface area contributed by atoms with Crippen LogP contribution in [-0.2, 0) is 7.05 Å². The molecule has 1 aliphatic heterocycles. The van der Waals surface area contributed by atoms with Gasteiger partial charge in [0.05, 0.1) is 5.69 Å². The topological polar surface area (TPSA) is 58.4 Å². The molecule has 1 aromatic heterocycles. The van der Waals surface area contributed by atoms with Gasteiger partial charge >= 0.3 is 5.97 Å². The zero-order chi connectivity index (χ0) is 12.6. The number of carboxylic acid groups (broad SMARTS) is 1. The quantitative estimate of drug-likeness (QED) is 0.868. The predicted octanol–water partition coefficient (Wildman–Crippen LogP) is 1.66. The minimum atomic E-state index is -0.884. The predicted molar refractivity (Wildman–Crippen MR) is 65.5 cm³/mol. The molecule has 0 saturated carbocycles. The Balaban J connectivity index is 2.35. The molecule has 17 heavy (non-hydrogen) atoms. The summed E-state index contributed by atoms with van der Waals surface area (Å²) in [6.45, 7) is 5.80. The number of aryl methyl sites for hydroxylation is 2. The minimum absolute atomic E-state index is 0.351. The first-order chi connectivity index (χ1) is 8.04. The molecule has 0 radical (unpaired) electrons. The molecule has 0 aliphatic carbocycles. The van der Waals surface area contributed by atoms with Crippen LogP contribution in [0.1, 0.15) is 35.8 Å². The first-order valence-electron chi connectivity index (χ1n) is 6.06. The van der Waals surface area contributed by atoms with E-state index in [2.05, 4.69) is 16.9 Å². The van der Waals surface area contributed by atoms with E-state index in [4.69, 9.17) is 0 Å². The van der Waals surface area contributed by atoms with Crippen LogP contribution in [0.25, 0.3) is 0 Å². The molecule has 2 heterocycles. The first kappa shape index (κ1) is 12.0. The fourth-order valence-electron chi connectivity index (χ4n) is 2.62. The van der Waals surface area contributed by atoms with Crippen molar-refractivity contribution in [1.82, 2.24) is 9.78 Å². The maximum absolute atomic E-state index is 11.3. The normalized spacial score (nSPS) is 19.9. The van der Waals surface area contributed by atoms with Gasteiger partial charge in [-0.3, -0.25) is 4.68 Å². The van der Waals surface area contributed by atoms with E-state index in [0.29, 0.717) is 17.2 Å². The Morgan fingerprint density at radius 3 is 2.82 bits per heavy atom. The maximum Gasteiger partial charge on any atom is 0.341 e. The van der Waals surface area contributed by atoms with Crippen molar-refractivity contribution in [1.29, 1.82) is 0 Å². The van der Waals surface area contributed by atoms with Crippen molar-refractivity contribution in [3.63, 3.8) is 0 Å². The summed E-state index contributed by atoms with van der Waals surface area (Å²) in [6.07, 6.45) is 2.29. The summed E-state index contributed by atoms with van der Waals surface area (Å²) < 4.78 is 1.69. The van der Waals surface area contributed by atoms with Crippen LogP contribution in [0.15, 0.2) is 0 Å². The van der Waals surface area contributed by atoms with Crippen LogP contribution in [0, 0.1) is 12.8 Å². The summed E-state index contributed by atoms with van der Waals surface area (Å²) in [7, 11) is 1.81. The maximum atomic E-state index is 11.3. The Morgan fingerprint density at radius 1 is 1.59 bits per heavy atom. The Bertz CT molecular complexity index is 439. The average molecular weight is 237 g/mol. The smallest absolute Gasteiger partial charge is 0.341 e. The fourth-order valence-corrected chi connectivity index (χ4v) is 2.62. The van der Waals surface area contributed by atoms with Gasteiger partial charge in [-0.15, -0.1) is 0 Å². The van der Waals surface area contributed by atoms with Gasteiger partial charge in [0.15, 0.2) is 0 Å². The third kappa shape index (κ3) is 2.01. The van der Waals surface area contributed by atoms with Gasteiger partial charge in [-0.2, -0.15) is 5.10 Å². The van der Waals surface area contributed by atoms with Crippen molar-refractivity contribution in [2.24, 2.45) is 13.0 Å². The molecule has 5 nitrogen and oxygen atoms in total. The lowest BCUT2D eigenvalue weighted by Crippen LogP contribution is -2.24. The van der Waals surface area contributed by atoms with Gasteiger partial charge in [0.25, 0.3) is 0 Å². The van der Waals surface area contributed by atoms with Crippen molar-refractivity contribution >= 4 is 11.8 Å². The highest BCUT2D eigenvalue weighted by atomic mass is 16.4. The highest BCUT2D eigenvalue weighted by molar-refractivity contribution is 5.94. The Kier molecular flexibility index (Phi) is 3.09. The summed E-state index contributed by atoms with van der Waals surface area (Å²) in [6, 6.07) is 0. The van der Waals surface area contributed by atoms with Gasteiger partial charge in [-0.1, -0.05) is 13.3 Å². The van der Waals surface area contributed by atoms with E-state index >= 15 is 0 Å². The number of carbonyl (C=O) groups is 1. The number of rotatable bonds is 3. The van der Waals surface area contributed by atoms with Crippen molar-refractivity contribution in [3.8, 4) is 0 Å². The van der Waals surface area contributed by atoms with Gasteiger partial charge in [-0.25, -0.2) is 4.79 Å². The van der Waals surface area contributed by atoms with Crippen LogP contribution in [0.2, 0.25) is 0 Å². The molecule has 0 spiro atoms. The van der Waals surface area contributed by atoms with Crippen LogP contribution in [0.3, 0.4) is 0 Å². The van der Waals surface area contributed by atoms with Gasteiger partial charge in [0.1, 0.15) is 11.4 Å². The van der Waals surface area contributed by atoms with E-state index in [1.54, 1.807) is 11.6 Å². The second-order valence-electron chi connectivity index (χ2n) is 4.72. The standard InChI is InChI=1S/C12H19N3O2/c1-4-9-5-6-15(7-9)11-10(12(16)17)8(2)13-14(11)3/h9H,4-7H2,1-3H3,(H,16,17). The first-order valence-corrected chi connectivity index (χ1v) is 6.06. The largest absolute Gasteiger partial charge is 0.477 e. The monoisotopic (exact) mass is 237 g/mol. The average Bonchev–Trinajstić information content (AvgIpc) is 2.81. The zero-order valence-electron chi connectivity index (χ0n) is 10.6. The van der Waals surface area contributed by atoms with E-state index in [1.807, 2.05) is 7.05 Å². The number of aromatic carboxylic acids is 1. The van der Waals surface area contributed by atoms with E-state index in [0.717, 1.165) is 31.7 Å². The third-order valence-corrected chi connectivity index (χ3v) is 3.57. The van der Waals surface area contributed by atoms with E-state index in [-0.39, 0.29) is 0 Å². The molecule has 1 unspecified atom stereocenters. The third-order valence-electron chi connectivity index (χ3n) is 3.57. The number of hydrogen-bond donors (Lipinski definition) is 1. The summed E-state index contributed by atoms with van der Waals surface area (Å²) >= 11 is 0. The summed E-state index contributed by atoms with van der Waals surface area (Å²) in [5.41, 5.74) is 0.944. The zero-order valence-corrected chi connectivity index (χ0v) is 10.6. The molecule has 1 N–H and O–H groups in total. The molecule has 1 atom stereocenters. The Hall–Kier alpha value is -1.52. The van der Waals surface area contributed by atoms with Crippen molar-refractivity contribution in [2.45, 2.75) is 26.7 Å². The van der Waals surface area contributed by atoms with Gasteiger partial charge in [0, 0.05) is 20.1 Å². The van der Waals surface area contributed by atoms with E-state index in [1.165, 1.54) is 0 Å². The number of anilines is 1. The minimum Gasteiger partial charge on any atom is -0.477 e. The van der Waals surface area contributed by atoms with Crippen molar-refractivity contribution in [2.75, 3.05) is 18.0 Å². The number of nitrogens with zero attached hydrogens (tertiary/aromatic N) is 3. The fraction of sp³-hybridized carbons (Fsp3) is 0.667. The van der Waals surface area contributed by atoms with Gasteiger partial charge in [-0.05, 0) is 19.3 Å². The molecule has 0 aromatic carbocycles. The van der Waals surface area contributed by atoms with Crippen LogP contribution < -0.4 is 4.90 Å². The molecule has 1 fully saturated rings. The highest BCUT2D eigenvalue weighted by Crippen LogP contribution is 2.29. The van der Waals surface area contributed by atoms with E-state index < -0.39 is 5.97 Å². The summed E-state index contributed by atoms with van der Waals surface area (Å²) in [5, 5.41) is 13.5. The summed E-state index contributed by atoms with van der Waals surface area (Å²) in [5.74, 6) is 0.545. The molecular weight excluding hydrogens is 218 g/mol. The van der Waals surface area contributed by atoms with Crippen LogP contribution in [0.4, 0.5) is 5.82 Å². The molecule has 2 rings (SSSR count). The lowest BCUT2D eigenvalue weighted by Gasteiger charge is -2.19. The molecule has 1 saturated heterocycles. The van der Waals surface area contributed by atoms with Crippen molar-refractivity contribution < 1.29 is 9.90 Å². The van der Waals surface area contributed by atoms with Gasteiger partial charge < -0.3 is 10.0 Å². The molecule has 1 aromatic rings. The molecule has 5 heteroatoms. The number of carboxylic acids is 1. The number of aromatic nitrogens is 2. The number of hydrogen-bond acceptors (Lipinski definition) is 3. The Labute approximate surface area is 101 Å². The second-order valence-corrected chi connectivity index (χ2v) is 4.72. The highest BCUT2D eigenvalue weighted by Gasteiger charge is 2.29. The molecular formula is C12H19N3O2. The SMILES string of the molecule is CCC1CCN(c2c(C(=O)O)c(C)nn2C)C1. The molecule has 1 aliphatic rings. The molecule has 0 bridgehead atoms. The molecule has 94 valence electrons. The lowest BCUT2D eigenvalue weighted by molar-refractivity contribution is 0.0696. The van der Waals surface area contributed by atoms with E-state index in [9.17, 15) is 9.90 Å². The molecule has 0 amide bonds. The van der Waals surface area contributed by atoms with Gasteiger partial charge in [0.2, 0.25) is 0 Å². The lowest BCUT2D eigenvalue weighted by atomic mass is 10.1.